The van der Waals surface area contributed by atoms with Crippen LogP contribution in [-0.4, -0.2) is 35.1 Å². The molecule has 0 heterocycles. The predicted octanol–water partition coefficient (Wildman–Crippen LogP) is 5.62. The fourth-order valence-electron chi connectivity index (χ4n) is 4.23. The first-order valence-corrected chi connectivity index (χ1v) is 13.3. The Morgan fingerprint density at radius 1 is 0.829 bits per heavy atom. The third kappa shape index (κ3) is 8.29. The lowest BCUT2D eigenvalue weighted by atomic mass is 10.0. The van der Waals surface area contributed by atoms with E-state index in [2.05, 4.69) is 37.4 Å². The van der Waals surface area contributed by atoms with Crippen LogP contribution in [0.2, 0.25) is 0 Å². The lowest BCUT2D eigenvalue weighted by molar-refractivity contribution is -0.139. The second-order valence-electron chi connectivity index (χ2n) is 9.10. The van der Waals surface area contributed by atoms with E-state index in [1.165, 1.54) is 22.3 Å². The molecule has 3 aromatic rings. The molecule has 0 spiro atoms. The van der Waals surface area contributed by atoms with Crippen LogP contribution in [0.25, 0.3) is 0 Å². The van der Waals surface area contributed by atoms with Crippen LogP contribution >= 0.6 is 11.8 Å². The molecular weight excluding hydrogens is 452 g/mol. The van der Waals surface area contributed by atoms with E-state index < -0.39 is 6.04 Å². The number of carbonyl (C=O) groups excluding carboxylic acids is 2. The summed E-state index contributed by atoms with van der Waals surface area (Å²) in [5.41, 5.74) is 6.90. The Morgan fingerprint density at radius 3 is 2.11 bits per heavy atom. The molecule has 0 aliphatic carbocycles. The van der Waals surface area contributed by atoms with Crippen molar-refractivity contribution in [3.63, 3.8) is 0 Å². The Labute approximate surface area is 214 Å². The van der Waals surface area contributed by atoms with Crippen molar-refractivity contribution in [3.05, 3.63) is 106 Å². The summed E-state index contributed by atoms with van der Waals surface area (Å²) in [7, 11) is 0. The maximum absolute atomic E-state index is 13.6. The van der Waals surface area contributed by atoms with Gasteiger partial charge in [-0.3, -0.25) is 9.59 Å². The van der Waals surface area contributed by atoms with Gasteiger partial charge in [-0.05, 0) is 44.4 Å². The monoisotopic (exact) mass is 488 g/mol. The second-order valence-corrected chi connectivity index (χ2v) is 10.1. The van der Waals surface area contributed by atoms with Gasteiger partial charge in [0.2, 0.25) is 11.8 Å². The summed E-state index contributed by atoms with van der Waals surface area (Å²) in [6.07, 6.45) is 0.478. The minimum Gasteiger partial charge on any atom is -0.355 e. The molecule has 2 amide bonds. The average Bonchev–Trinajstić information content (AvgIpc) is 2.82. The molecule has 0 aromatic heterocycles. The third-order valence-corrected chi connectivity index (χ3v) is 6.86. The minimum atomic E-state index is -0.576. The lowest BCUT2D eigenvalue weighted by Gasteiger charge is -2.31. The predicted molar refractivity (Wildman–Crippen MR) is 146 cm³/mol. The van der Waals surface area contributed by atoms with Gasteiger partial charge in [0.1, 0.15) is 6.04 Å². The van der Waals surface area contributed by atoms with Gasteiger partial charge >= 0.3 is 0 Å². The van der Waals surface area contributed by atoms with Crippen molar-refractivity contribution >= 4 is 23.6 Å². The molecule has 0 aliphatic rings. The van der Waals surface area contributed by atoms with Gasteiger partial charge in [-0.25, -0.2) is 0 Å². The van der Waals surface area contributed by atoms with Crippen molar-refractivity contribution in [1.82, 2.24) is 10.2 Å². The van der Waals surface area contributed by atoms with Crippen LogP contribution in [-0.2, 0) is 28.3 Å². The van der Waals surface area contributed by atoms with Crippen LogP contribution in [0.15, 0.2) is 72.8 Å². The lowest BCUT2D eigenvalue weighted by Crippen LogP contribution is -2.51. The van der Waals surface area contributed by atoms with Gasteiger partial charge in [-0.1, -0.05) is 89.5 Å². The molecule has 0 saturated heterocycles. The molecule has 1 unspecified atom stereocenters. The molecule has 0 fully saturated rings. The van der Waals surface area contributed by atoms with E-state index >= 15 is 0 Å². The quantitative estimate of drug-likeness (QED) is 0.381. The van der Waals surface area contributed by atoms with Gasteiger partial charge < -0.3 is 10.2 Å². The molecule has 4 nitrogen and oxygen atoms in total. The number of amides is 2. The maximum Gasteiger partial charge on any atom is 0.243 e. The normalized spacial score (nSPS) is 11.7. The molecule has 3 rings (SSSR count). The number of nitrogens with one attached hydrogen (secondary N) is 1. The van der Waals surface area contributed by atoms with Gasteiger partial charge in [0.25, 0.3) is 0 Å². The Bertz CT molecular complexity index is 1090. The number of nitrogens with zero attached hydrogens (tertiary/aromatic N) is 1. The smallest absolute Gasteiger partial charge is 0.243 e. The summed E-state index contributed by atoms with van der Waals surface area (Å²) in [4.78, 5) is 28.6. The van der Waals surface area contributed by atoms with E-state index in [0.29, 0.717) is 25.3 Å². The largest absolute Gasteiger partial charge is 0.355 e. The topological polar surface area (TPSA) is 49.4 Å². The van der Waals surface area contributed by atoms with Crippen molar-refractivity contribution in [2.75, 3.05) is 12.3 Å². The molecule has 0 saturated carbocycles. The summed E-state index contributed by atoms with van der Waals surface area (Å²) in [5, 5.41) is 2.95. The molecule has 5 heteroatoms. The Hall–Kier alpha value is -3.05. The number of likely N-dealkylation sites (N-methyl/N-ethyl adjacent to an activating group) is 1. The zero-order valence-electron chi connectivity index (χ0n) is 21.2. The van der Waals surface area contributed by atoms with E-state index in [9.17, 15) is 9.59 Å². The fourth-order valence-corrected chi connectivity index (χ4v) is 5.07. The first-order valence-electron chi connectivity index (χ1n) is 12.2. The highest BCUT2D eigenvalue weighted by Gasteiger charge is 2.30. The maximum atomic E-state index is 13.6. The van der Waals surface area contributed by atoms with Gasteiger partial charge in [0.15, 0.2) is 0 Å². The van der Waals surface area contributed by atoms with E-state index in [1.807, 2.05) is 68.4 Å². The SMILES string of the molecule is CCNC(=O)C(Cc1ccccc1)N(Cc1ccc(C)cc1)C(=O)CSCc1cc(C)cc(C)c1. The van der Waals surface area contributed by atoms with Gasteiger partial charge in [-0.2, -0.15) is 0 Å². The van der Waals surface area contributed by atoms with Gasteiger partial charge in [-0.15, -0.1) is 11.8 Å². The highest BCUT2D eigenvalue weighted by molar-refractivity contribution is 7.99. The van der Waals surface area contributed by atoms with E-state index in [0.717, 1.165) is 16.9 Å². The average molecular weight is 489 g/mol. The second kappa shape index (κ2) is 13.1. The van der Waals surface area contributed by atoms with Crippen LogP contribution < -0.4 is 5.32 Å². The first kappa shape index (κ1) is 26.6. The van der Waals surface area contributed by atoms with Crippen molar-refractivity contribution in [2.45, 2.75) is 52.5 Å². The number of hydrogen-bond donors (Lipinski definition) is 1. The highest BCUT2D eigenvalue weighted by Crippen LogP contribution is 2.20. The van der Waals surface area contributed by atoms with Crippen LogP contribution in [0.1, 0.15) is 40.3 Å². The summed E-state index contributed by atoms with van der Waals surface area (Å²) in [5.74, 6) is 0.948. The van der Waals surface area contributed by atoms with Crippen molar-refractivity contribution < 1.29 is 9.59 Å². The summed E-state index contributed by atoms with van der Waals surface area (Å²) >= 11 is 1.60. The minimum absolute atomic E-state index is 0.0212. The van der Waals surface area contributed by atoms with E-state index in [4.69, 9.17) is 0 Å². The number of carbonyl (C=O) groups is 2. The third-order valence-electron chi connectivity index (χ3n) is 5.87. The molecule has 184 valence electrons. The first-order chi connectivity index (χ1) is 16.9. The zero-order valence-corrected chi connectivity index (χ0v) is 22.0. The number of rotatable bonds is 11. The Balaban J connectivity index is 1.82. The van der Waals surface area contributed by atoms with Crippen LogP contribution in [0.3, 0.4) is 0 Å². The molecule has 0 bridgehead atoms. The van der Waals surface area contributed by atoms with Gasteiger partial charge in [0, 0.05) is 25.3 Å². The molecule has 1 N–H and O–H groups in total. The van der Waals surface area contributed by atoms with Crippen LogP contribution in [0, 0.1) is 20.8 Å². The Morgan fingerprint density at radius 2 is 1.49 bits per heavy atom. The molecule has 1 atom stereocenters. The van der Waals surface area contributed by atoms with E-state index in [1.54, 1.807) is 16.7 Å². The highest BCUT2D eigenvalue weighted by atomic mass is 32.2. The number of benzene rings is 3. The standard InChI is InChI=1S/C30H36N2O2S/c1-5-31-30(34)28(18-25-9-7-6-8-10-25)32(19-26-13-11-22(2)12-14-26)29(33)21-35-20-27-16-23(3)15-24(4)17-27/h6-17,28H,5,18-21H2,1-4H3,(H,31,34). The molecule has 0 aliphatic heterocycles. The van der Waals surface area contributed by atoms with E-state index in [-0.39, 0.29) is 11.8 Å². The number of thioether (sulfide) groups is 1. The zero-order chi connectivity index (χ0) is 25.2. The molecule has 3 aromatic carbocycles. The summed E-state index contributed by atoms with van der Waals surface area (Å²) in [6, 6.07) is 24.0. The van der Waals surface area contributed by atoms with Crippen molar-refractivity contribution in [3.8, 4) is 0 Å². The molecule has 35 heavy (non-hydrogen) atoms. The summed E-state index contributed by atoms with van der Waals surface area (Å²) in [6.45, 7) is 9.06. The molecule has 0 radical (unpaired) electrons. The van der Waals surface area contributed by atoms with Crippen LogP contribution in [0.4, 0.5) is 0 Å². The van der Waals surface area contributed by atoms with Crippen LogP contribution in [0.5, 0.6) is 0 Å². The number of aryl methyl sites for hydroxylation is 3. The van der Waals surface area contributed by atoms with Gasteiger partial charge in [0.05, 0.1) is 5.75 Å². The summed E-state index contributed by atoms with van der Waals surface area (Å²) < 4.78 is 0. The fraction of sp³-hybridized carbons (Fsp3) is 0.333. The van der Waals surface area contributed by atoms with Crippen molar-refractivity contribution in [1.29, 1.82) is 0 Å². The number of hydrogen-bond acceptors (Lipinski definition) is 3. The Kier molecular flexibility index (Phi) is 9.98. The molecular formula is C30H36N2O2S. The van der Waals surface area contributed by atoms with Crippen molar-refractivity contribution in [2.24, 2.45) is 0 Å².